The van der Waals surface area contributed by atoms with Crippen LogP contribution >= 0.6 is 0 Å². The highest BCUT2D eigenvalue weighted by Gasteiger charge is 2.43. The van der Waals surface area contributed by atoms with E-state index in [1.54, 1.807) is 0 Å². The number of aryl methyl sites for hydroxylation is 1. The Morgan fingerprint density at radius 1 is 1.17 bits per heavy atom. The molecule has 0 unspecified atom stereocenters. The summed E-state index contributed by atoms with van der Waals surface area (Å²) < 4.78 is 6.30. The molecule has 0 heterocycles. The van der Waals surface area contributed by atoms with Crippen molar-refractivity contribution in [1.29, 1.82) is 0 Å². The van der Waals surface area contributed by atoms with Crippen LogP contribution < -0.4 is 10.5 Å². The minimum Gasteiger partial charge on any atom is -0.490 e. The predicted molar refractivity (Wildman–Crippen MR) is 73.9 cm³/mol. The van der Waals surface area contributed by atoms with Crippen LogP contribution in [-0.2, 0) is 5.54 Å². The molecule has 1 aromatic carbocycles. The first-order valence-corrected chi connectivity index (χ1v) is 7.16. The van der Waals surface area contributed by atoms with Gasteiger partial charge in [-0.1, -0.05) is 12.1 Å². The molecule has 2 N–H and O–H groups in total. The highest BCUT2D eigenvalue weighted by molar-refractivity contribution is 5.50. The minimum atomic E-state index is -0.105. The normalized spacial score (nSPS) is 22.2. The molecule has 3 rings (SSSR count). The number of hydrogen-bond donors (Lipinski definition) is 1. The molecule has 0 aromatic heterocycles. The van der Waals surface area contributed by atoms with Crippen LogP contribution in [0, 0.1) is 13.8 Å². The van der Waals surface area contributed by atoms with Crippen molar-refractivity contribution < 1.29 is 4.74 Å². The summed E-state index contributed by atoms with van der Waals surface area (Å²) in [4.78, 5) is 0. The Morgan fingerprint density at radius 2 is 1.83 bits per heavy atom. The molecule has 0 bridgehead atoms. The molecular formula is C16H23NO. The van der Waals surface area contributed by atoms with Crippen LogP contribution in [0.15, 0.2) is 12.1 Å². The number of nitrogens with two attached hydrogens (primary N) is 1. The first-order chi connectivity index (χ1) is 8.60. The Kier molecular flexibility index (Phi) is 2.86. The lowest BCUT2D eigenvalue weighted by Crippen LogP contribution is -2.22. The van der Waals surface area contributed by atoms with Crippen molar-refractivity contribution >= 4 is 0 Å². The molecule has 0 saturated heterocycles. The second-order valence-corrected chi connectivity index (χ2v) is 6.06. The van der Waals surface area contributed by atoms with Gasteiger partial charge in [-0.25, -0.2) is 0 Å². The van der Waals surface area contributed by atoms with Gasteiger partial charge in [-0.15, -0.1) is 0 Å². The maximum atomic E-state index is 6.38. The molecule has 0 radical (unpaired) electrons. The molecule has 2 aliphatic rings. The third-order valence-corrected chi connectivity index (χ3v) is 4.59. The fourth-order valence-electron chi connectivity index (χ4n) is 2.91. The molecule has 18 heavy (non-hydrogen) atoms. The Balaban J connectivity index is 1.96. The van der Waals surface area contributed by atoms with Crippen molar-refractivity contribution in [3.05, 3.63) is 28.8 Å². The first kappa shape index (κ1) is 12.0. The van der Waals surface area contributed by atoms with Crippen molar-refractivity contribution in [3.8, 4) is 5.75 Å². The van der Waals surface area contributed by atoms with Crippen LogP contribution in [0.5, 0.6) is 5.75 Å². The van der Waals surface area contributed by atoms with E-state index in [9.17, 15) is 0 Å². The highest BCUT2D eigenvalue weighted by Crippen LogP contribution is 2.48. The molecule has 2 fully saturated rings. The quantitative estimate of drug-likeness (QED) is 0.883. The molecule has 0 amide bonds. The van der Waals surface area contributed by atoms with Crippen LogP contribution in [0.1, 0.15) is 55.2 Å². The fraction of sp³-hybridized carbons (Fsp3) is 0.625. The van der Waals surface area contributed by atoms with E-state index in [-0.39, 0.29) is 5.54 Å². The van der Waals surface area contributed by atoms with E-state index in [2.05, 4.69) is 26.0 Å². The van der Waals surface area contributed by atoms with Crippen molar-refractivity contribution in [2.45, 2.75) is 64.0 Å². The fourth-order valence-corrected chi connectivity index (χ4v) is 2.91. The zero-order valence-electron chi connectivity index (χ0n) is 11.5. The summed E-state index contributed by atoms with van der Waals surface area (Å²) in [5.41, 5.74) is 10.1. The van der Waals surface area contributed by atoms with E-state index >= 15 is 0 Å². The molecule has 1 aromatic rings. The average molecular weight is 245 g/mol. The third-order valence-electron chi connectivity index (χ3n) is 4.59. The number of rotatable bonds is 3. The zero-order chi connectivity index (χ0) is 12.8. The molecule has 2 nitrogen and oxygen atoms in total. The Hall–Kier alpha value is -1.02. The molecule has 0 spiro atoms. The van der Waals surface area contributed by atoms with Gasteiger partial charge < -0.3 is 10.5 Å². The minimum absolute atomic E-state index is 0.105. The van der Waals surface area contributed by atoms with Gasteiger partial charge >= 0.3 is 0 Å². The van der Waals surface area contributed by atoms with Crippen LogP contribution in [0.4, 0.5) is 0 Å². The van der Waals surface area contributed by atoms with Crippen LogP contribution in [-0.4, -0.2) is 6.10 Å². The van der Waals surface area contributed by atoms with Gasteiger partial charge in [0, 0.05) is 11.1 Å². The van der Waals surface area contributed by atoms with E-state index in [0.29, 0.717) is 6.10 Å². The second-order valence-electron chi connectivity index (χ2n) is 6.06. The van der Waals surface area contributed by atoms with E-state index in [4.69, 9.17) is 10.5 Å². The number of benzene rings is 1. The van der Waals surface area contributed by atoms with Crippen molar-refractivity contribution in [1.82, 2.24) is 0 Å². The summed E-state index contributed by atoms with van der Waals surface area (Å²) in [5, 5.41) is 0. The van der Waals surface area contributed by atoms with Crippen LogP contribution in [0.25, 0.3) is 0 Å². The topological polar surface area (TPSA) is 35.2 Å². The third kappa shape index (κ3) is 2.03. The smallest absolute Gasteiger partial charge is 0.127 e. The first-order valence-electron chi connectivity index (χ1n) is 7.16. The van der Waals surface area contributed by atoms with E-state index < -0.39 is 0 Å². The van der Waals surface area contributed by atoms with E-state index in [1.807, 2.05) is 0 Å². The van der Waals surface area contributed by atoms with E-state index in [1.165, 1.54) is 42.4 Å². The molecule has 0 atom stereocenters. The standard InChI is InChI=1S/C16H23NO/c1-11-7-8-14(16(17)9-10-16)15(12(11)2)18-13-5-3-4-6-13/h7-8,13H,3-6,9-10,17H2,1-2H3. The molecule has 2 heteroatoms. The van der Waals surface area contributed by atoms with Gasteiger partial charge in [0.15, 0.2) is 0 Å². The summed E-state index contributed by atoms with van der Waals surface area (Å²) in [6.07, 6.45) is 7.60. The molecule has 2 aliphatic carbocycles. The molecule has 98 valence electrons. The maximum absolute atomic E-state index is 6.38. The van der Waals surface area contributed by atoms with Crippen molar-refractivity contribution in [3.63, 3.8) is 0 Å². The SMILES string of the molecule is Cc1ccc(C2(N)CC2)c(OC2CCCC2)c1C. The maximum Gasteiger partial charge on any atom is 0.127 e. The summed E-state index contributed by atoms with van der Waals surface area (Å²) in [6.45, 7) is 4.31. The van der Waals surface area contributed by atoms with Crippen molar-refractivity contribution in [2.24, 2.45) is 5.73 Å². The summed E-state index contributed by atoms with van der Waals surface area (Å²) in [5.74, 6) is 1.09. The second kappa shape index (κ2) is 4.27. The molecule has 2 saturated carbocycles. The van der Waals surface area contributed by atoms with Gasteiger partial charge in [0.2, 0.25) is 0 Å². The largest absolute Gasteiger partial charge is 0.490 e. The van der Waals surface area contributed by atoms with Crippen LogP contribution in [0.2, 0.25) is 0 Å². The Bertz CT molecular complexity index is 456. The summed E-state index contributed by atoms with van der Waals surface area (Å²) in [6, 6.07) is 4.36. The summed E-state index contributed by atoms with van der Waals surface area (Å²) in [7, 11) is 0. The van der Waals surface area contributed by atoms with Gasteiger partial charge in [0.25, 0.3) is 0 Å². The van der Waals surface area contributed by atoms with Gasteiger partial charge in [-0.2, -0.15) is 0 Å². The monoisotopic (exact) mass is 245 g/mol. The van der Waals surface area contributed by atoms with Crippen LogP contribution in [0.3, 0.4) is 0 Å². The predicted octanol–water partition coefficient (Wildman–Crippen LogP) is 3.57. The lowest BCUT2D eigenvalue weighted by atomic mass is 9.98. The van der Waals surface area contributed by atoms with E-state index in [0.717, 1.165) is 18.6 Å². The van der Waals surface area contributed by atoms with Gasteiger partial charge in [0.05, 0.1) is 6.10 Å². The van der Waals surface area contributed by atoms with Crippen molar-refractivity contribution in [2.75, 3.05) is 0 Å². The average Bonchev–Trinajstić information content (AvgIpc) is 2.90. The molecular weight excluding hydrogens is 222 g/mol. The van der Waals surface area contributed by atoms with Gasteiger partial charge in [0.1, 0.15) is 5.75 Å². The van der Waals surface area contributed by atoms with Gasteiger partial charge in [-0.05, 0) is 63.5 Å². The molecule has 0 aliphatic heterocycles. The highest BCUT2D eigenvalue weighted by atomic mass is 16.5. The lowest BCUT2D eigenvalue weighted by molar-refractivity contribution is 0.205. The number of hydrogen-bond acceptors (Lipinski definition) is 2. The summed E-state index contributed by atoms with van der Waals surface area (Å²) >= 11 is 0. The zero-order valence-corrected chi connectivity index (χ0v) is 11.5. The number of ether oxygens (including phenoxy) is 1. The lowest BCUT2D eigenvalue weighted by Gasteiger charge is -2.22. The Labute approximate surface area is 110 Å². The Morgan fingerprint density at radius 3 is 2.44 bits per heavy atom. The van der Waals surface area contributed by atoms with Gasteiger partial charge in [-0.3, -0.25) is 0 Å².